The van der Waals surface area contributed by atoms with Gasteiger partial charge in [-0.25, -0.2) is 0 Å². The number of hydrogen-bond donors (Lipinski definition) is 0. The lowest BCUT2D eigenvalue weighted by molar-refractivity contribution is -0.161. The Balaban J connectivity index is 2.46. The summed E-state index contributed by atoms with van der Waals surface area (Å²) in [6.07, 6.45) is 3.35. The Morgan fingerprint density at radius 1 is 1.77 bits per heavy atom. The lowest BCUT2D eigenvalue weighted by Gasteiger charge is -2.30. The van der Waals surface area contributed by atoms with Crippen molar-refractivity contribution in [2.24, 2.45) is 5.41 Å². The van der Waals surface area contributed by atoms with Crippen LogP contribution in [0.1, 0.15) is 19.8 Å². The van der Waals surface area contributed by atoms with Gasteiger partial charge in [0.2, 0.25) is 0 Å². The van der Waals surface area contributed by atoms with Gasteiger partial charge in [0, 0.05) is 6.61 Å². The Morgan fingerprint density at radius 2 is 2.54 bits per heavy atom. The molecule has 1 atom stereocenters. The third-order valence-corrected chi connectivity index (χ3v) is 2.26. The van der Waals surface area contributed by atoms with Crippen molar-refractivity contribution in [3.8, 4) is 0 Å². The van der Waals surface area contributed by atoms with E-state index < -0.39 is 5.41 Å². The van der Waals surface area contributed by atoms with Crippen molar-refractivity contribution in [1.82, 2.24) is 0 Å². The van der Waals surface area contributed by atoms with E-state index in [4.69, 9.17) is 9.47 Å². The fourth-order valence-corrected chi connectivity index (χ4v) is 1.40. The zero-order valence-corrected chi connectivity index (χ0v) is 8.04. The first kappa shape index (κ1) is 10.3. The molecule has 3 nitrogen and oxygen atoms in total. The van der Waals surface area contributed by atoms with Crippen LogP contribution in [0.2, 0.25) is 0 Å². The highest BCUT2D eigenvalue weighted by Gasteiger charge is 2.36. The molecule has 1 fully saturated rings. The average Bonchev–Trinajstić information content (AvgIpc) is 2.15. The summed E-state index contributed by atoms with van der Waals surface area (Å²) in [5.41, 5.74) is -0.443. The molecule has 13 heavy (non-hydrogen) atoms. The summed E-state index contributed by atoms with van der Waals surface area (Å²) < 4.78 is 10.3. The summed E-state index contributed by atoms with van der Waals surface area (Å²) in [4.78, 5) is 11.5. The number of rotatable bonds is 3. The highest BCUT2D eigenvalue weighted by Crippen LogP contribution is 2.29. The molecule has 0 bridgehead atoms. The number of esters is 1. The maximum absolute atomic E-state index is 11.5. The third-order valence-electron chi connectivity index (χ3n) is 2.26. The molecule has 3 heteroatoms. The largest absolute Gasteiger partial charge is 0.461 e. The summed E-state index contributed by atoms with van der Waals surface area (Å²) in [7, 11) is 0. The molecule has 0 aromatic carbocycles. The van der Waals surface area contributed by atoms with E-state index in [2.05, 4.69) is 6.58 Å². The van der Waals surface area contributed by atoms with Crippen molar-refractivity contribution >= 4 is 5.97 Å². The third kappa shape index (κ3) is 2.56. The highest BCUT2D eigenvalue weighted by molar-refractivity contribution is 5.76. The van der Waals surface area contributed by atoms with Crippen molar-refractivity contribution in [3.63, 3.8) is 0 Å². The molecule has 1 saturated heterocycles. The summed E-state index contributed by atoms with van der Waals surface area (Å²) in [6, 6.07) is 0. The van der Waals surface area contributed by atoms with Crippen LogP contribution >= 0.6 is 0 Å². The molecule has 0 aliphatic carbocycles. The van der Waals surface area contributed by atoms with Gasteiger partial charge in [-0.05, 0) is 19.8 Å². The first-order valence-corrected chi connectivity index (χ1v) is 4.55. The average molecular weight is 184 g/mol. The lowest BCUT2D eigenvalue weighted by Crippen LogP contribution is -2.38. The quantitative estimate of drug-likeness (QED) is 0.493. The minimum absolute atomic E-state index is 0.174. The van der Waals surface area contributed by atoms with Crippen LogP contribution in [-0.2, 0) is 14.3 Å². The topological polar surface area (TPSA) is 35.5 Å². The van der Waals surface area contributed by atoms with E-state index in [0.29, 0.717) is 6.61 Å². The highest BCUT2D eigenvalue weighted by atomic mass is 16.5. The zero-order chi connectivity index (χ0) is 9.73. The maximum atomic E-state index is 11.5. The second-order valence-corrected chi connectivity index (χ2v) is 3.60. The van der Waals surface area contributed by atoms with Crippen LogP contribution in [0.25, 0.3) is 0 Å². The minimum atomic E-state index is -0.443. The molecule has 0 aromatic heterocycles. The van der Waals surface area contributed by atoms with Crippen LogP contribution in [0.3, 0.4) is 0 Å². The fourth-order valence-electron chi connectivity index (χ4n) is 1.40. The number of hydrogen-bond acceptors (Lipinski definition) is 3. The molecular formula is C10H16O3. The molecule has 1 aliphatic heterocycles. The van der Waals surface area contributed by atoms with Crippen LogP contribution in [-0.4, -0.2) is 25.8 Å². The van der Waals surface area contributed by atoms with E-state index in [1.807, 2.05) is 6.92 Å². The predicted octanol–water partition coefficient (Wildman–Crippen LogP) is 1.53. The van der Waals surface area contributed by atoms with Gasteiger partial charge in [-0.2, -0.15) is 0 Å². The van der Waals surface area contributed by atoms with Gasteiger partial charge in [0.25, 0.3) is 0 Å². The van der Waals surface area contributed by atoms with E-state index in [0.717, 1.165) is 19.4 Å². The van der Waals surface area contributed by atoms with Crippen LogP contribution in [0, 0.1) is 5.41 Å². The molecule has 0 saturated carbocycles. The van der Waals surface area contributed by atoms with Crippen LogP contribution in [0.5, 0.6) is 0 Å². The van der Waals surface area contributed by atoms with Crippen LogP contribution < -0.4 is 0 Å². The van der Waals surface area contributed by atoms with E-state index in [-0.39, 0.29) is 12.6 Å². The van der Waals surface area contributed by atoms with Gasteiger partial charge >= 0.3 is 5.97 Å². The molecule has 0 aromatic rings. The molecule has 74 valence electrons. The zero-order valence-electron chi connectivity index (χ0n) is 8.04. The molecule has 1 rings (SSSR count). The smallest absolute Gasteiger partial charge is 0.314 e. The molecule has 1 aliphatic rings. The molecule has 1 heterocycles. The Kier molecular flexibility index (Phi) is 3.48. The summed E-state index contributed by atoms with van der Waals surface area (Å²) in [6.45, 7) is 6.89. The van der Waals surface area contributed by atoms with E-state index >= 15 is 0 Å². The standard InChI is InChI=1S/C10H16O3/c1-3-6-13-9(11)10(2)5-4-7-12-8-10/h3H,1,4-8H2,2H3. The van der Waals surface area contributed by atoms with Gasteiger partial charge in [0.15, 0.2) is 0 Å². The second kappa shape index (κ2) is 4.42. The van der Waals surface area contributed by atoms with Crippen molar-refractivity contribution in [2.75, 3.05) is 19.8 Å². The van der Waals surface area contributed by atoms with Gasteiger partial charge < -0.3 is 9.47 Å². The van der Waals surface area contributed by atoms with Gasteiger partial charge in [0.05, 0.1) is 12.0 Å². The normalized spacial score (nSPS) is 28.1. The molecule has 0 amide bonds. The van der Waals surface area contributed by atoms with E-state index in [9.17, 15) is 4.79 Å². The Morgan fingerprint density at radius 3 is 3.08 bits per heavy atom. The van der Waals surface area contributed by atoms with Crippen molar-refractivity contribution < 1.29 is 14.3 Å². The van der Waals surface area contributed by atoms with Crippen LogP contribution in [0.4, 0.5) is 0 Å². The predicted molar refractivity (Wildman–Crippen MR) is 49.3 cm³/mol. The maximum Gasteiger partial charge on any atom is 0.314 e. The Bertz CT molecular complexity index is 192. The van der Waals surface area contributed by atoms with Gasteiger partial charge in [0.1, 0.15) is 6.61 Å². The monoisotopic (exact) mass is 184 g/mol. The number of ether oxygens (including phenoxy) is 2. The molecule has 1 unspecified atom stereocenters. The van der Waals surface area contributed by atoms with Gasteiger partial charge in [-0.15, -0.1) is 0 Å². The minimum Gasteiger partial charge on any atom is -0.461 e. The second-order valence-electron chi connectivity index (χ2n) is 3.60. The number of carbonyl (C=O) groups excluding carboxylic acids is 1. The Labute approximate surface area is 78.7 Å². The fraction of sp³-hybridized carbons (Fsp3) is 0.700. The summed E-state index contributed by atoms with van der Waals surface area (Å²) >= 11 is 0. The summed E-state index contributed by atoms with van der Waals surface area (Å²) in [5.74, 6) is -0.174. The first-order chi connectivity index (χ1) is 6.19. The summed E-state index contributed by atoms with van der Waals surface area (Å²) in [5, 5.41) is 0. The van der Waals surface area contributed by atoms with Gasteiger partial charge in [-0.3, -0.25) is 4.79 Å². The first-order valence-electron chi connectivity index (χ1n) is 4.55. The SMILES string of the molecule is C=CCOC(=O)C1(C)CCCOC1. The van der Waals surface area contributed by atoms with E-state index in [1.165, 1.54) is 0 Å². The van der Waals surface area contributed by atoms with Crippen molar-refractivity contribution in [1.29, 1.82) is 0 Å². The van der Waals surface area contributed by atoms with Crippen molar-refractivity contribution in [3.05, 3.63) is 12.7 Å². The van der Waals surface area contributed by atoms with Gasteiger partial charge in [-0.1, -0.05) is 12.7 Å². The van der Waals surface area contributed by atoms with Crippen molar-refractivity contribution in [2.45, 2.75) is 19.8 Å². The van der Waals surface area contributed by atoms with Crippen LogP contribution in [0.15, 0.2) is 12.7 Å². The lowest BCUT2D eigenvalue weighted by atomic mass is 9.85. The molecule has 0 spiro atoms. The number of carbonyl (C=O) groups is 1. The molecular weight excluding hydrogens is 168 g/mol. The molecule has 0 radical (unpaired) electrons. The Hall–Kier alpha value is -0.830. The molecule has 0 N–H and O–H groups in total. The van der Waals surface area contributed by atoms with E-state index in [1.54, 1.807) is 6.08 Å².